The van der Waals surface area contributed by atoms with Gasteiger partial charge in [-0.3, -0.25) is 4.98 Å². The van der Waals surface area contributed by atoms with Crippen LogP contribution in [0.5, 0.6) is 0 Å². The number of hydrogen-bond donors (Lipinski definition) is 1. The fraction of sp³-hybridized carbons (Fsp3) is 0.438. The molecular weight excluding hydrogens is 236 g/mol. The lowest BCUT2D eigenvalue weighted by Crippen LogP contribution is -2.32. The Hall–Kier alpha value is -1.45. The maximum atomic E-state index is 5.17. The molecule has 3 nitrogen and oxygen atoms in total. The molecular formula is C16H22N2O. The fourth-order valence-electron chi connectivity index (χ4n) is 2.30. The SMILES string of the molecule is CCNC(CCOC)Cc1ccc2ccccc2n1. The van der Waals surface area contributed by atoms with Gasteiger partial charge in [0.05, 0.1) is 5.52 Å². The molecule has 1 aromatic carbocycles. The summed E-state index contributed by atoms with van der Waals surface area (Å²) in [5, 5.41) is 4.69. The second-order valence-corrected chi connectivity index (χ2v) is 4.74. The highest BCUT2D eigenvalue weighted by atomic mass is 16.5. The Morgan fingerprint density at radius 1 is 1.21 bits per heavy atom. The number of methoxy groups -OCH3 is 1. The van der Waals surface area contributed by atoms with E-state index in [4.69, 9.17) is 9.72 Å². The van der Waals surface area contributed by atoms with Crippen LogP contribution in [0.4, 0.5) is 0 Å². The lowest BCUT2D eigenvalue weighted by Gasteiger charge is -2.17. The van der Waals surface area contributed by atoms with E-state index in [1.54, 1.807) is 7.11 Å². The van der Waals surface area contributed by atoms with Crippen LogP contribution in [0, 0.1) is 0 Å². The van der Waals surface area contributed by atoms with E-state index in [0.29, 0.717) is 6.04 Å². The van der Waals surface area contributed by atoms with Crippen molar-refractivity contribution in [2.24, 2.45) is 0 Å². The van der Waals surface area contributed by atoms with E-state index in [1.807, 2.05) is 12.1 Å². The molecule has 0 spiro atoms. The smallest absolute Gasteiger partial charge is 0.0705 e. The van der Waals surface area contributed by atoms with E-state index in [2.05, 4.69) is 36.5 Å². The second kappa shape index (κ2) is 7.22. The third-order valence-electron chi connectivity index (χ3n) is 3.27. The van der Waals surface area contributed by atoms with Gasteiger partial charge in [-0.1, -0.05) is 31.2 Å². The second-order valence-electron chi connectivity index (χ2n) is 4.74. The fourth-order valence-corrected chi connectivity index (χ4v) is 2.30. The molecule has 0 aliphatic heterocycles. The Morgan fingerprint density at radius 2 is 2.05 bits per heavy atom. The first kappa shape index (κ1) is 14.0. The lowest BCUT2D eigenvalue weighted by molar-refractivity contribution is 0.182. The van der Waals surface area contributed by atoms with Crippen LogP contribution in [-0.4, -0.2) is 31.3 Å². The highest BCUT2D eigenvalue weighted by molar-refractivity contribution is 5.78. The summed E-state index contributed by atoms with van der Waals surface area (Å²) in [6.07, 6.45) is 1.96. The first-order valence-electron chi connectivity index (χ1n) is 6.90. The number of nitrogens with zero attached hydrogens (tertiary/aromatic N) is 1. The average Bonchev–Trinajstić information content (AvgIpc) is 2.45. The van der Waals surface area contributed by atoms with E-state index in [0.717, 1.165) is 37.2 Å². The molecule has 0 amide bonds. The third kappa shape index (κ3) is 4.01. The maximum Gasteiger partial charge on any atom is 0.0705 e. The van der Waals surface area contributed by atoms with E-state index in [1.165, 1.54) is 5.39 Å². The summed E-state index contributed by atoms with van der Waals surface area (Å²) in [5.41, 5.74) is 2.21. The number of ether oxygens (including phenoxy) is 1. The molecule has 0 saturated carbocycles. The number of likely N-dealkylation sites (N-methyl/N-ethyl adjacent to an activating group) is 1. The molecule has 1 atom stereocenters. The monoisotopic (exact) mass is 258 g/mol. The number of rotatable bonds is 7. The number of para-hydroxylation sites is 1. The van der Waals surface area contributed by atoms with Crippen LogP contribution >= 0.6 is 0 Å². The van der Waals surface area contributed by atoms with Gasteiger partial charge in [0.25, 0.3) is 0 Å². The Labute approximate surface area is 115 Å². The Balaban J connectivity index is 2.09. The van der Waals surface area contributed by atoms with Gasteiger partial charge in [0.1, 0.15) is 0 Å². The van der Waals surface area contributed by atoms with Gasteiger partial charge < -0.3 is 10.1 Å². The number of benzene rings is 1. The summed E-state index contributed by atoms with van der Waals surface area (Å²) in [6, 6.07) is 12.9. The molecule has 2 aromatic rings. The minimum atomic E-state index is 0.429. The number of aromatic nitrogens is 1. The summed E-state index contributed by atoms with van der Waals surface area (Å²) in [4.78, 5) is 4.72. The summed E-state index contributed by atoms with van der Waals surface area (Å²) in [7, 11) is 1.75. The molecule has 19 heavy (non-hydrogen) atoms. The van der Waals surface area contributed by atoms with E-state index < -0.39 is 0 Å². The highest BCUT2D eigenvalue weighted by Crippen LogP contribution is 2.13. The van der Waals surface area contributed by atoms with Crippen LogP contribution in [0.3, 0.4) is 0 Å². The van der Waals surface area contributed by atoms with Gasteiger partial charge in [0.15, 0.2) is 0 Å². The van der Waals surface area contributed by atoms with Crippen molar-refractivity contribution >= 4 is 10.9 Å². The van der Waals surface area contributed by atoms with Gasteiger partial charge in [-0.25, -0.2) is 0 Å². The number of pyridine rings is 1. The van der Waals surface area contributed by atoms with Crippen LogP contribution in [0.25, 0.3) is 10.9 Å². The molecule has 0 bridgehead atoms. The molecule has 3 heteroatoms. The first-order valence-corrected chi connectivity index (χ1v) is 6.90. The quantitative estimate of drug-likeness (QED) is 0.829. The van der Waals surface area contributed by atoms with Gasteiger partial charge >= 0.3 is 0 Å². The highest BCUT2D eigenvalue weighted by Gasteiger charge is 2.09. The van der Waals surface area contributed by atoms with E-state index in [9.17, 15) is 0 Å². The van der Waals surface area contributed by atoms with Crippen molar-refractivity contribution in [1.29, 1.82) is 0 Å². The molecule has 1 unspecified atom stereocenters. The van der Waals surface area contributed by atoms with Gasteiger partial charge in [-0.2, -0.15) is 0 Å². The van der Waals surface area contributed by atoms with Crippen molar-refractivity contribution in [2.45, 2.75) is 25.8 Å². The predicted molar refractivity (Wildman–Crippen MR) is 79.4 cm³/mol. The van der Waals surface area contributed by atoms with Crippen molar-refractivity contribution in [3.63, 3.8) is 0 Å². The molecule has 0 fully saturated rings. The van der Waals surface area contributed by atoms with Gasteiger partial charge in [0.2, 0.25) is 0 Å². The summed E-state index contributed by atoms with van der Waals surface area (Å²) >= 11 is 0. The Morgan fingerprint density at radius 3 is 2.84 bits per heavy atom. The molecule has 102 valence electrons. The predicted octanol–water partition coefficient (Wildman–Crippen LogP) is 2.79. The molecule has 0 aliphatic rings. The number of nitrogens with one attached hydrogen (secondary N) is 1. The molecule has 1 heterocycles. The van der Waals surface area contributed by atoms with Crippen LogP contribution in [0.2, 0.25) is 0 Å². The molecule has 1 aromatic heterocycles. The zero-order chi connectivity index (χ0) is 13.5. The lowest BCUT2D eigenvalue weighted by atomic mass is 10.1. The topological polar surface area (TPSA) is 34.1 Å². The molecule has 0 saturated heterocycles. The largest absolute Gasteiger partial charge is 0.385 e. The average molecular weight is 258 g/mol. The normalized spacial score (nSPS) is 12.7. The van der Waals surface area contributed by atoms with Crippen LogP contribution in [0.15, 0.2) is 36.4 Å². The molecule has 0 aliphatic carbocycles. The van der Waals surface area contributed by atoms with Crippen molar-refractivity contribution in [1.82, 2.24) is 10.3 Å². The number of hydrogen-bond acceptors (Lipinski definition) is 3. The Bertz CT molecular complexity index is 513. The minimum absolute atomic E-state index is 0.429. The van der Waals surface area contributed by atoms with Gasteiger partial charge in [-0.05, 0) is 25.1 Å². The standard InChI is InChI=1S/C16H22N2O/c1-3-17-14(10-11-19-2)12-15-9-8-13-6-4-5-7-16(13)18-15/h4-9,14,17H,3,10-12H2,1-2H3. The van der Waals surface area contributed by atoms with E-state index in [-0.39, 0.29) is 0 Å². The first-order chi connectivity index (χ1) is 9.33. The van der Waals surface area contributed by atoms with Crippen LogP contribution in [-0.2, 0) is 11.2 Å². The van der Waals surface area contributed by atoms with Crippen molar-refractivity contribution in [3.8, 4) is 0 Å². The summed E-state index contributed by atoms with van der Waals surface area (Å²) < 4.78 is 5.17. The van der Waals surface area contributed by atoms with Crippen molar-refractivity contribution < 1.29 is 4.74 Å². The summed E-state index contributed by atoms with van der Waals surface area (Å²) in [5.74, 6) is 0. The van der Waals surface area contributed by atoms with Crippen molar-refractivity contribution in [3.05, 3.63) is 42.1 Å². The minimum Gasteiger partial charge on any atom is -0.385 e. The van der Waals surface area contributed by atoms with Crippen molar-refractivity contribution in [2.75, 3.05) is 20.3 Å². The maximum absolute atomic E-state index is 5.17. The number of fused-ring (bicyclic) bond motifs is 1. The zero-order valence-electron chi connectivity index (χ0n) is 11.7. The zero-order valence-corrected chi connectivity index (χ0v) is 11.7. The van der Waals surface area contributed by atoms with Gasteiger partial charge in [-0.15, -0.1) is 0 Å². The molecule has 1 N–H and O–H groups in total. The van der Waals surface area contributed by atoms with Crippen LogP contribution < -0.4 is 5.32 Å². The molecule has 2 rings (SSSR count). The van der Waals surface area contributed by atoms with Crippen LogP contribution in [0.1, 0.15) is 19.0 Å². The Kier molecular flexibility index (Phi) is 5.31. The van der Waals surface area contributed by atoms with E-state index >= 15 is 0 Å². The summed E-state index contributed by atoms with van der Waals surface area (Å²) in [6.45, 7) is 3.89. The third-order valence-corrected chi connectivity index (χ3v) is 3.27. The van der Waals surface area contributed by atoms with Gasteiger partial charge in [0, 0.05) is 37.3 Å². The molecule has 0 radical (unpaired) electrons.